The van der Waals surface area contributed by atoms with E-state index in [-0.39, 0.29) is 17.4 Å². The van der Waals surface area contributed by atoms with Crippen LogP contribution in [-0.4, -0.2) is 58.9 Å². The van der Waals surface area contributed by atoms with Crippen LogP contribution in [0.15, 0.2) is 0 Å². The molecular weight excluding hydrogens is 244 g/mol. The van der Waals surface area contributed by atoms with Crippen LogP contribution >= 0.6 is 11.8 Å². The van der Waals surface area contributed by atoms with E-state index in [0.29, 0.717) is 19.5 Å². The maximum absolute atomic E-state index is 11.6. The second-order valence-corrected chi connectivity index (χ2v) is 4.29. The van der Waals surface area contributed by atoms with Crippen LogP contribution in [0.2, 0.25) is 0 Å². The molecule has 98 valence electrons. The van der Waals surface area contributed by atoms with Crippen molar-refractivity contribution in [2.24, 2.45) is 0 Å². The molecule has 0 heterocycles. The van der Waals surface area contributed by atoms with Gasteiger partial charge < -0.3 is 15.3 Å². The van der Waals surface area contributed by atoms with Crippen LogP contribution < -0.4 is 5.32 Å². The Bertz CT molecular complexity index is 269. The second-order valence-electron chi connectivity index (χ2n) is 3.26. The molecular formula is C10H18N2O4S. The van der Waals surface area contributed by atoms with Crippen LogP contribution in [0.1, 0.15) is 13.8 Å². The van der Waals surface area contributed by atoms with Gasteiger partial charge in [0.2, 0.25) is 12.3 Å². The average molecular weight is 262 g/mol. The first-order chi connectivity index (χ1) is 8.06. The maximum atomic E-state index is 11.6. The Kier molecular flexibility index (Phi) is 8.21. The van der Waals surface area contributed by atoms with Crippen molar-refractivity contribution in [1.29, 1.82) is 0 Å². The average Bonchev–Trinajstić information content (AvgIpc) is 2.29. The molecule has 0 aliphatic rings. The van der Waals surface area contributed by atoms with Gasteiger partial charge in [0, 0.05) is 18.8 Å². The molecule has 2 amide bonds. The van der Waals surface area contributed by atoms with Crippen molar-refractivity contribution < 1.29 is 19.5 Å². The molecule has 0 aliphatic heterocycles. The Morgan fingerprint density at radius 1 is 1.41 bits per heavy atom. The molecule has 6 nitrogen and oxygen atoms in total. The second kappa shape index (κ2) is 8.86. The van der Waals surface area contributed by atoms with Crippen LogP contribution in [0.25, 0.3) is 0 Å². The highest BCUT2D eigenvalue weighted by molar-refractivity contribution is 8.00. The van der Waals surface area contributed by atoms with Gasteiger partial charge in [0.15, 0.2) is 0 Å². The minimum atomic E-state index is -1.10. The summed E-state index contributed by atoms with van der Waals surface area (Å²) in [4.78, 5) is 34.1. The van der Waals surface area contributed by atoms with E-state index in [4.69, 9.17) is 5.11 Å². The van der Waals surface area contributed by atoms with E-state index < -0.39 is 12.0 Å². The molecule has 0 fully saturated rings. The number of carbonyl (C=O) groups is 3. The molecule has 0 aromatic heterocycles. The number of hydrogen-bond acceptors (Lipinski definition) is 4. The molecule has 1 unspecified atom stereocenters. The monoisotopic (exact) mass is 262 g/mol. The number of amides is 2. The summed E-state index contributed by atoms with van der Waals surface area (Å²) in [5, 5.41) is 10.9. The fourth-order valence-electron chi connectivity index (χ4n) is 1.20. The van der Waals surface area contributed by atoms with Gasteiger partial charge in [-0.05, 0) is 13.8 Å². The Balaban J connectivity index is 3.99. The lowest BCUT2D eigenvalue weighted by atomic mass is 10.3. The summed E-state index contributed by atoms with van der Waals surface area (Å²) in [5.74, 6) is -0.706. The van der Waals surface area contributed by atoms with Crippen LogP contribution in [0.3, 0.4) is 0 Å². The van der Waals surface area contributed by atoms with Crippen molar-refractivity contribution in [2.45, 2.75) is 19.9 Å². The van der Waals surface area contributed by atoms with Gasteiger partial charge in [-0.1, -0.05) is 0 Å². The Morgan fingerprint density at radius 2 is 2.00 bits per heavy atom. The van der Waals surface area contributed by atoms with E-state index in [9.17, 15) is 14.4 Å². The molecule has 0 saturated heterocycles. The van der Waals surface area contributed by atoms with E-state index in [1.807, 2.05) is 13.8 Å². The number of hydrogen-bond donors (Lipinski definition) is 2. The smallest absolute Gasteiger partial charge is 0.327 e. The molecule has 0 aromatic rings. The fourth-order valence-corrected chi connectivity index (χ4v) is 2.15. The van der Waals surface area contributed by atoms with Gasteiger partial charge in [-0.25, -0.2) is 4.79 Å². The highest BCUT2D eigenvalue weighted by atomic mass is 32.2. The van der Waals surface area contributed by atoms with Gasteiger partial charge in [-0.2, -0.15) is 0 Å². The van der Waals surface area contributed by atoms with Crippen molar-refractivity contribution in [3.63, 3.8) is 0 Å². The zero-order valence-corrected chi connectivity index (χ0v) is 10.8. The van der Waals surface area contributed by atoms with Crippen molar-refractivity contribution >= 4 is 30.0 Å². The van der Waals surface area contributed by atoms with Gasteiger partial charge in [-0.3, -0.25) is 9.59 Å². The summed E-state index contributed by atoms with van der Waals surface area (Å²) < 4.78 is 0. The first-order valence-corrected chi connectivity index (χ1v) is 6.50. The van der Waals surface area contributed by atoms with Crippen LogP contribution in [-0.2, 0) is 14.4 Å². The fraction of sp³-hybridized carbons (Fsp3) is 0.700. The number of aliphatic carboxylic acids is 1. The molecule has 1 atom stereocenters. The predicted octanol–water partition coefficient (Wildman–Crippen LogP) is -0.213. The topological polar surface area (TPSA) is 86.7 Å². The first kappa shape index (κ1) is 15.8. The highest BCUT2D eigenvalue weighted by Gasteiger charge is 2.17. The lowest BCUT2D eigenvalue weighted by Crippen LogP contribution is -2.38. The van der Waals surface area contributed by atoms with Crippen LogP contribution in [0.4, 0.5) is 0 Å². The lowest BCUT2D eigenvalue weighted by molar-refractivity contribution is -0.139. The number of nitrogens with zero attached hydrogens (tertiary/aromatic N) is 1. The van der Waals surface area contributed by atoms with Crippen LogP contribution in [0, 0.1) is 0 Å². The molecule has 0 aromatic carbocycles. The standard InChI is InChI=1S/C10H18N2O4S/c1-3-12(4-2)9(14)6-17-5-8(10(15)16)11-7-13/h7-8H,3-6H2,1-2H3,(H,11,13)(H,15,16). The number of nitrogens with one attached hydrogen (secondary N) is 1. The van der Waals surface area contributed by atoms with E-state index >= 15 is 0 Å². The zero-order chi connectivity index (χ0) is 13.3. The van der Waals surface area contributed by atoms with E-state index in [1.54, 1.807) is 4.90 Å². The SMILES string of the molecule is CCN(CC)C(=O)CSCC(NC=O)C(=O)O. The maximum Gasteiger partial charge on any atom is 0.327 e. The van der Waals surface area contributed by atoms with Gasteiger partial charge in [0.05, 0.1) is 5.75 Å². The van der Waals surface area contributed by atoms with Gasteiger partial charge in [0.1, 0.15) is 6.04 Å². The summed E-state index contributed by atoms with van der Waals surface area (Å²) in [6.45, 7) is 5.07. The van der Waals surface area contributed by atoms with Crippen LogP contribution in [0.5, 0.6) is 0 Å². The van der Waals surface area contributed by atoms with Crippen molar-refractivity contribution in [3.8, 4) is 0 Å². The summed E-state index contributed by atoms with van der Waals surface area (Å²) >= 11 is 1.20. The summed E-state index contributed by atoms with van der Waals surface area (Å²) in [7, 11) is 0. The van der Waals surface area contributed by atoms with Crippen molar-refractivity contribution in [2.75, 3.05) is 24.6 Å². The predicted molar refractivity (Wildman–Crippen MR) is 65.9 cm³/mol. The molecule has 7 heteroatoms. The third-order valence-corrected chi connectivity index (χ3v) is 3.21. The van der Waals surface area contributed by atoms with Gasteiger partial charge in [-0.15, -0.1) is 11.8 Å². The van der Waals surface area contributed by atoms with E-state index in [2.05, 4.69) is 5.32 Å². The molecule has 0 aliphatic carbocycles. The Labute approximate surface area is 105 Å². The summed E-state index contributed by atoms with van der Waals surface area (Å²) in [6.07, 6.45) is 0.353. The molecule has 17 heavy (non-hydrogen) atoms. The molecule has 0 bridgehead atoms. The first-order valence-electron chi connectivity index (χ1n) is 5.34. The molecule has 2 N–H and O–H groups in total. The minimum Gasteiger partial charge on any atom is -0.480 e. The van der Waals surface area contributed by atoms with Gasteiger partial charge >= 0.3 is 5.97 Å². The van der Waals surface area contributed by atoms with E-state index in [1.165, 1.54) is 11.8 Å². The normalized spacial score (nSPS) is 11.6. The Morgan fingerprint density at radius 3 is 2.41 bits per heavy atom. The number of carboxylic acids is 1. The quantitative estimate of drug-likeness (QED) is 0.561. The number of thioether (sulfide) groups is 1. The third kappa shape index (κ3) is 6.15. The summed E-state index contributed by atoms with van der Waals surface area (Å²) in [5.41, 5.74) is 0. The number of rotatable bonds is 9. The van der Waals surface area contributed by atoms with Gasteiger partial charge in [0.25, 0.3) is 0 Å². The zero-order valence-electron chi connectivity index (χ0n) is 10.0. The van der Waals surface area contributed by atoms with E-state index in [0.717, 1.165) is 0 Å². The largest absolute Gasteiger partial charge is 0.480 e. The lowest BCUT2D eigenvalue weighted by Gasteiger charge is -2.18. The molecule has 0 spiro atoms. The molecule has 0 radical (unpaired) electrons. The number of carboxylic acid groups (broad SMARTS) is 1. The molecule has 0 saturated carbocycles. The summed E-state index contributed by atoms with van der Waals surface area (Å²) in [6, 6.07) is -0.943. The minimum absolute atomic E-state index is 0.0183. The van der Waals surface area contributed by atoms with Crippen molar-refractivity contribution in [1.82, 2.24) is 10.2 Å². The third-order valence-electron chi connectivity index (χ3n) is 2.19. The Hall–Kier alpha value is -1.24. The highest BCUT2D eigenvalue weighted by Crippen LogP contribution is 2.05. The van der Waals surface area contributed by atoms with Crippen molar-refractivity contribution in [3.05, 3.63) is 0 Å². The molecule has 0 rings (SSSR count). The number of carbonyl (C=O) groups excluding carboxylic acids is 2.